The number of ketones is 2. The van der Waals surface area contributed by atoms with Gasteiger partial charge in [-0.2, -0.15) is 0 Å². The van der Waals surface area contributed by atoms with Crippen molar-refractivity contribution in [2.24, 2.45) is 104 Å². The van der Waals surface area contributed by atoms with Gasteiger partial charge in [0.15, 0.2) is 11.6 Å². The van der Waals surface area contributed by atoms with Crippen molar-refractivity contribution in [3.8, 4) is 0 Å². The van der Waals surface area contributed by atoms with E-state index in [1.807, 2.05) is 0 Å². The molecule has 12 unspecified atom stereocenters. The minimum absolute atomic E-state index is 0.0111. The second kappa shape index (κ2) is 19.4. The lowest BCUT2D eigenvalue weighted by Crippen LogP contribution is -2.63. The molecule has 9 heteroatoms. The summed E-state index contributed by atoms with van der Waals surface area (Å²) in [4.78, 5) is 24.4. The summed E-state index contributed by atoms with van der Waals surface area (Å²) in [5, 5.41) is 32.4. The number of carbonyl (C=O) groups excluding carboxylic acids is 2. The molecule has 25 atom stereocenters. The molecule has 0 radical (unpaired) electrons. The zero-order chi connectivity index (χ0) is 55.7. The van der Waals surface area contributed by atoms with Crippen molar-refractivity contribution >= 4 is 11.6 Å². The third kappa shape index (κ3) is 8.30. The number of hydrogen-bond acceptors (Lipinski definition) is 9. The number of allylic oxidation sites excluding steroid dienone is 6. The van der Waals surface area contributed by atoms with Crippen LogP contribution in [0.1, 0.15) is 225 Å². The van der Waals surface area contributed by atoms with Gasteiger partial charge in [0.1, 0.15) is 11.6 Å². The van der Waals surface area contributed by atoms with Gasteiger partial charge >= 0.3 is 0 Å². The molecule has 0 aromatic carbocycles. The van der Waals surface area contributed by atoms with Crippen molar-refractivity contribution in [3.05, 3.63) is 34.9 Å². The van der Waals surface area contributed by atoms with Gasteiger partial charge in [-0.05, 0) is 255 Å². The lowest BCUT2D eigenvalue weighted by molar-refractivity contribution is -0.208. The Morgan fingerprint density at radius 3 is 1.21 bits per heavy atom. The van der Waals surface area contributed by atoms with E-state index in [9.17, 15) is 24.9 Å². The molecule has 0 amide bonds. The standard InChI is InChI=1S/C24H38O3.C24H36O3.C21H32O3/c2*1-6-14-7-8-16-19-17(10-12-23(14,16)4)24(5)11-9-15(25)13-18(24)20-21(19)27-22(2,3)26-20;1-4-12-5-6-14-17-15(8-10-20(12,14)2)21(3)9-7-13(22)11-16(21)18(23)19(17)24/h6,15-21,25H,7-13H2,1-5H3;6,16-21H,7-13H2,1-5H3;4,14-19,23-24H,5-11H2,1-3H3/b2*14-6-;12-4-/t15-,16?,17?,18?,19?,20+,21+,23+,24+;16?,17?,18?,19?,20-,21-,23-,24-;14?,15?,16?,17?,18-,19-,20-,21-/m011/s1. The van der Waals surface area contributed by atoms with Crippen LogP contribution in [0.5, 0.6) is 0 Å². The van der Waals surface area contributed by atoms with E-state index >= 15 is 0 Å². The molecule has 3 N–H and O–H groups in total. The second-order valence-corrected chi connectivity index (χ2v) is 31.7. The van der Waals surface area contributed by atoms with Gasteiger partial charge in [0.05, 0.1) is 42.7 Å². The maximum atomic E-state index is 12.4. The lowest BCUT2D eigenvalue weighted by Gasteiger charge is -2.63. The van der Waals surface area contributed by atoms with Crippen LogP contribution in [0.25, 0.3) is 0 Å². The van der Waals surface area contributed by atoms with Gasteiger partial charge in [-0.3, -0.25) is 9.59 Å². The third-order valence-electron chi connectivity index (χ3n) is 28.0. The van der Waals surface area contributed by atoms with Gasteiger partial charge in [-0.1, -0.05) is 76.5 Å². The maximum Gasteiger partial charge on any atom is 0.163 e. The molecule has 2 heterocycles. The number of ether oxygens (including phenoxy) is 4. The van der Waals surface area contributed by atoms with Crippen LogP contribution in [-0.2, 0) is 28.5 Å². The number of aliphatic hydroxyl groups is 3. The van der Waals surface area contributed by atoms with Crippen molar-refractivity contribution < 1.29 is 43.9 Å². The molecular formula is C69H106O9. The summed E-state index contributed by atoms with van der Waals surface area (Å²) in [5.41, 5.74) is 6.33. The molecule has 0 bridgehead atoms. The molecule has 436 valence electrons. The first-order valence-electron chi connectivity index (χ1n) is 32.5. The molecule has 9 nitrogen and oxygen atoms in total. The highest BCUT2D eigenvalue weighted by Gasteiger charge is 2.71. The van der Waals surface area contributed by atoms with Gasteiger partial charge in [0, 0.05) is 31.6 Å². The van der Waals surface area contributed by atoms with Crippen LogP contribution in [0, 0.1) is 104 Å². The predicted octanol–water partition coefficient (Wildman–Crippen LogP) is 13.8. The highest BCUT2D eigenvalue weighted by atomic mass is 16.8. The minimum Gasteiger partial charge on any atom is -0.393 e. The number of aliphatic hydroxyl groups excluding tert-OH is 3. The Morgan fingerprint density at radius 1 is 0.385 bits per heavy atom. The van der Waals surface area contributed by atoms with Gasteiger partial charge in [-0.15, -0.1) is 0 Å². The van der Waals surface area contributed by atoms with E-state index in [1.54, 1.807) is 16.7 Å². The second-order valence-electron chi connectivity index (χ2n) is 31.7. The predicted molar refractivity (Wildman–Crippen MR) is 304 cm³/mol. The van der Waals surface area contributed by atoms with E-state index < -0.39 is 23.8 Å². The maximum absolute atomic E-state index is 12.4. The normalized spacial score (nSPS) is 56.2. The Labute approximate surface area is 471 Å². The zero-order valence-corrected chi connectivity index (χ0v) is 50.8. The van der Waals surface area contributed by atoms with E-state index in [1.165, 1.54) is 57.8 Å². The lowest BCUT2D eigenvalue weighted by atomic mass is 9.43. The Morgan fingerprint density at radius 2 is 0.756 bits per heavy atom. The quantitative estimate of drug-likeness (QED) is 0.203. The van der Waals surface area contributed by atoms with Crippen LogP contribution < -0.4 is 0 Å². The van der Waals surface area contributed by atoms with Crippen molar-refractivity contribution in [1.82, 2.24) is 0 Å². The third-order valence-corrected chi connectivity index (χ3v) is 28.0. The molecule has 14 fully saturated rings. The summed E-state index contributed by atoms with van der Waals surface area (Å²) >= 11 is 0. The van der Waals surface area contributed by atoms with E-state index in [-0.39, 0.29) is 69.8 Å². The summed E-state index contributed by atoms with van der Waals surface area (Å²) in [6.07, 6.45) is 28.6. The van der Waals surface area contributed by atoms with Gasteiger partial charge < -0.3 is 34.3 Å². The highest BCUT2D eigenvalue weighted by molar-refractivity contribution is 5.80. The van der Waals surface area contributed by atoms with Crippen LogP contribution in [0.15, 0.2) is 34.9 Å². The fourth-order valence-corrected chi connectivity index (χ4v) is 24.2. The fourth-order valence-electron chi connectivity index (χ4n) is 24.2. The van der Waals surface area contributed by atoms with Crippen LogP contribution in [0.2, 0.25) is 0 Å². The molecule has 78 heavy (non-hydrogen) atoms. The van der Waals surface area contributed by atoms with Crippen LogP contribution in [0.3, 0.4) is 0 Å². The molecular weight excluding hydrogens is 973 g/mol. The molecule has 14 aliphatic rings. The largest absolute Gasteiger partial charge is 0.393 e. The average Bonchev–Trinajstić information content (AvgIpc) is 4.34. The number of hydrogen-bond donors (Lipinski definition) is 3. The first kappa shape index (κ1) is 56.7. The smallest absolute Gasteiger partial charge is 0.163 e. The molecule has 12 saturated carbocycles. The first-order valence-corrected chi connectivity index (χ1v) is 32.5. The molecule has 0 aromatic rings. The van der Waals surface area contributed by atoms with Gasteiger partial charge in [0.25, 0.3) is 0 Å². The van der Waals surface area contributed by atoms with Gasteiger partial charge in [0.2, 0.25) is 0 Å². The summed E-state index contributed by atoms with van der Waals surface area (Å²) in [5.74, 6) is 5.46. The first-order chi connectivity index (χ1) is 36.7. The van der Waals surface area contributed by atoms with E-state index in [2.05, 4.69) is 108 Å². The monoisotopic (exact) mass is 1080 g/mol. The Balaban J connectivity index is 0.000000117. The van der Waals surface area contributed by atoms with Crippen LogP contribution in [0.4, 0.5) is 0 Å². The summed E-state index contributed by atoms with van der Waals surface area (Å²) in [6, 6.07) is 0. The van der Waals surface area contributed by atoms with E-state index in [0.29, 0.717) is 89.1 Å². The number of rotatable bonds is 0. The summed E-state index contributed by atoms with van der Waals surface area (Å²) in [6.45, 7) is 29.7. The van der Waals surface area contributed by atoms with E-state index in [0.717, 1.165) is 63.7 Å². The molecule has 0 spiro atoms. The summed E-state index contributed by atoms with van der Waals surface area (Å²) in [7, 11) is 0. The average molecular weight is 1080 g/mol. The molecule has 0 aromatic heterocycles. The highest BCUT2D eigenvalue weighted by Crippen LogP contribution is 2.72. The molecule has 2 aliphatic heterocycles. The van der Waals surface area contributed by atoms with Crippen molar-refractivity contribution in [1.29, 1.82) is 0 Å². The number of Topliss-reactive ketones (excluding diaryl/α,β-unsaturated/α-hetero) is 2. The molecule has 14 rings (SSSR count). The van der Waals surface area contributed by atoms with Crippen LogP contribution in [-0.4, -0.2) is 81.2 Å². The number of fused-ring (bicyclic) bond motifs is 21. The van der Waals surface area contributed by atoms with E-state index in [4.69, 9.17) is 18.9 Å². The Hall–Kier alpha value is -1.72. The van der Waals surface area contributed by atoms with Gasteiger partial charge in [-0.25, -0.2) is 0 Å². The zero-order valence-electron chi connectivity index (χ0n) is 50.8. The van der Waals surface area contributed by atoms with Crippen molar-refractivity contribution in [2.45, 2.75) is 279 Å². The Kier molecular flexibility index (Phi) is 14.1. The molecule has 2 saturated heterocycles. The van der Waals surface area contributed by atoms with Crippen LogP contribution >= 0.6 is 0 Å². The SMILES string of the molecule is C/C=C1/CCC2C3C(CC[C@]12C)[C@@]1(C)CCC(=O)CC1[C@@H](O)[C@@H]3O.C/C=C1/CCC2C3C(CC[C@]12C)[C@@]1(C)CCC(=O)CC1[C@H]1OC(C)(C)O[C@H]31.C/C=C1/CCC2C3C(CC[C@]12C)[C@@]1(C)CC[C@H](O)CC1[C@H]1OC(C)(C)O[C@H]31. The minimum atomic E-state index is -0.738. The topological polar surface area (TPSA) is 132 Å². The summed E-state index contributed by atoms with van der Waals surface area (Å²) < 4.78 is 26.4. The number of carbonyl (C=O) groups is 2. The Bertz CT molecular complexity index is 2450. The van der Waals surface area contributed by atoms with Crippen molar-refractivity contribution in [3.63, 3.8) is 0 Å². The van der Waals surface area contributed by atoms with Crippen molar-refractivity contribution in [2.75, 3.05) is 0 Å². The fraction of sp³-hybridized carbons (Fsp3) is 0.884. The molecule has 12 aliphatic carbocycles.